The van der Waals surface area contributed by atoms with Crippen LogP contribution in [-0.2, 0) is 6.54 Å². The van der Waals surface area contributed by atoms with E-state index in [1.54, 1.807) is 0 Å². The van der Waals surface area contributed by atoms with Gasteiger partial charge in [0.2, 0.25) is 5.69 Å². The summed E-state index contributed by atoms with van der Waals surface area (Å²) in [7, 11) is 0. The molecule has 0 N–H and O–H groups in total. The van der Waals surface area contributed by atoms with Gasteiger partial charge in [0.25, 0.3) is 0 Å². The highest BCUT2D eigenvalue weighted by molar-refractivity contribution is 6.36. The second-order valence-electron chi connectivity index (χ2n) is 23.2. The van der Waals surface area contributed by atoms with Crippen LogP contribution in [0, 0.1) is 0 Å². The molecule has 18 aromatic rings. The van der Waals surface area contributed by atoms with Crippen molar-refractivity contribution in [3.63, 3.8) is 0 Å². The molecule has 0 saturated heterocycles. The van der Waals surface area contributed by atoms with E-state index in [2.05, 4.69) is 287 Å². The number of aromatic nitrogens is 6. The third-order valence-electron chi connectivity index (χ3n) is 17.9. The molecule has 1 aliphatic heterocycles. The lowest BCUT2D eigenvalue weighted by Gasteiger charge is -2.13. The Bertz CT molecular complexity index is 5510. The smallest absolute Gasteiger partial charge is 0.213 e. The van der Waals surface area contributed by atoms with Crippen LogP contribution in [0.2, 0.25) is 0 Å². The van der Waals surface area contributed by atoms with Crippen molar-refractivity contribution in [1.29, 1.82) is 0 Å². The predicted octanol–water partition coefficient (Wildman–Crippen LogP) is 21.0. The number of hydrogen-bond acceptors (Lipinski definition) is 3. The Hall–Kier alpha value is -12.1. The number of benzene rings is 14. The van der Waals surface area contributed by atoms with Crippen LogP contribution in [0.3, 0.4) is 0 Å². The van der Waals surface area contributed by atoms with Crippen molar-refractivity contribution in [2.45, 2.75) is 6.54 Å². The van der Waals surface area contributed by atoms with Crippen molar-refractivity contribution in [3.05, 3.63) is 339 Å². The zero-order chi connectivity index (χ0) is 60.2. The van der Waals surface area contributed by atoms with E-state index >= 15 is 0 Å². The Labute approximate surface area is 526 Å². The van der Waals surface area contributed by atoms with E-state index in [4.69, 9.17) is 15.0 Å². The number of nitrogens with zero attached hydrogens (tertiary/aromatic N) is 6. The third-order valence-corrected chi connectivity index (χ3v) is 17.9. The molecule has 5 heterocycles. The van der Waals surface area contributed by atoms with Gasteiger partial charge >= 0.3 is 0 Å². The van der Waals surface area contributed by atoms with Gasteiger partial charge in [-0.05, 0) is 115 Å². The van der Waals surface area contributed by atoms with E-state index in [0.29, 0.717) is 17.5 Å². The maximum atomic E-state index is 4.94. The molecule has 1 aliphatic rings. The Morgan fingerprint density at radius 1 is 0.264 bits per heavy atom. The quantitative estimate of drug-likeness (QED) is 0.123. The standard InChI is InChI=1S/C39H25N3.C34H22N2.C12H10N/c1-3-12-26(13-4-1)37-40-38(27-14-5-2-6-15-27)42-39(41-37)30-17-11-16-28(24-30)29-22-23-35-33-20-8-7-18-31(33)32-19-9-10-21-34(32)36(35)25-29;1-3-13-23(14-4-1)35-29-21-11-9-19-27(29)31-25-17-7-8-18-26(25)32-28-20-10-12-22-30(28)36(34(32)33(31)35)24-15-5-2-6-16-24;1-2-6-11-10(5-1)9-13-8-4-3-7-12(11)13/h1-25H;1-22H;1-8H,9H2/q;;+1. The van der Waals surface area contributed by atoms with Crippen LogP contribution in [0.15, 0.2) is 334 Å². The second kappa shape index (κ2) is 22.5. The Kier molecular flexibility index (Phi) is 13.2. The van der Waals surface area contributed by atoms with Crippen molar-refractivity contribution in [1.82, 2.24) is 24.1 Å². The lowest BCUT2D eigenvalue weighted by Crippen LogP contribution is -2.31. The summed E-state index contributed by atoms with van der Waals surface area (Å²) in [4.78, 5) is 14.7. The maximum Gasteiger partial charge on any atom is 0.213 e. The molecule has 0 saturated carbocycles. The minimum Gasteiger partial charge on any atom is -0.307 e. The van der Waals surface area contributed by atoms with Gasteiger partial charge in [0.05, 0.1) is 27.6 Å². The van der Waals surface area contributed by atoms with Gasteiger partial charge in [-0.3, -0.25) is 0 Å². The van der Waals surface area contributed by atoms with E-state index in [0.717, 1.165) is 34.4 Å². The minimum atomic E-state index is 0.654. The lowest BCUT2D eigenvalue weighted by molar-refractivity contribution is -0.672. The first-order valence-electron chi connectivity index (χ1n) is 31.0. The molecule has 6 heteroatoms. The van der Waals surface area contributed by atoms with E-state index in [1.165, 1.54) is 115 Å². The molecule has 14 aromatic carbocycles. The summed E-state index contributed by atoms with van der Waals surface area (Å²) in [6.45, 7) is 1.02. The summed E-state index contributed by atoms with van der Waals surface area (Å²) >= 11 is 0. The normalized spacial score (nSPS) is 11.7. The van der Waals surface area contributed by atoms with Crippen molar-refractivity contribution in [3.8, 4) is 67.9 Å². The molecular weight excluding hydrogens is 1100 g/mol. The molecule has 0 unspecified atom stereocenters. The van der Waals surface area contributed by atoms with Crippen LogP contribution < -0.4 is 4.57 Å². The molecular formula is C85H57N6+. The summed E-state index contributed by atoms with van der Waals surface area (Å²) in [5.74, 6) is 1.98. The summed E-state index contributed by atoms with van der Waals surface area (Å²) in [5.41, 5.74) is 16.6. The number of hydrogen-bond donors (Lipinski definition) is 0. The van der Waals surface area contributed by atoms with Gasteiger partial charge in [0.1, 0.15) is 0 Å². The fraction of sp³-hybridized carbons (Fsp3) is 0.0118. The first kappa shape index (κ1) is 53.1. The molecule has 91 heavy (non-hydrogen) atoms. The molecule has 0 atom stereocenters. The van der Waals surface area contributed by atoms with Gasteiger partial charge in [-0.15, -0.1) is 0 Å². The highest BCUT2D eigenvalue weighted by Gasteiger charge is 2.26. The van der Waals surface area contributed by atoms with Crippen molar-refractivity contribution in [2.75, 3.05) is 0 Å². The molecule has 0 bridgehead atoms. The number of pyridine rings is 1. The summed E-state index contributed by atoms with van der Waals surface area (Å²) in [6, 6.07) is 116. The molecule has 426 valence electrons. The zero-order valence-electron chi connectivity index (χ0n) is 49.6. The zero-order valence-corrected chi connectivity index (χ0v) is 49.6. The van der Waals surface area contributed by atoms with Gasteiger partial charge in [-0.2, -0.15) is 4.57 Å². The number of para-hydroxylation sites is 4. The Morgan fingerprint density at radius 2 is 0.648 bits per heavy atom. The molecule has 0 fully saturated rings. The molecule has 0 spiro atoms. The lowest BCUT2D eigenvalue weighted by atomic mass is 9.92. The molecule has 0 radical (unpaired) electrons. The van der Waals surface area contributed by atoms with Crippen LogP contribution in [0.4, 0.5) is 0 Å². The van der Waals surface area contributed by atoms with Crippen LogP contribution in [0.25, 0.3) is 155 Å². The van der Waals surface area contributed by atoms with Crippen LogP contribution >= 0.6 is 0 Å². The molecule has 0 amide bonds. The average Bonchev–Trinajstić information content (AvgIpc) is 1.54. The van der Waals surface area contributed by atoms with E-state index in [1.807, 2.05) is 60.7 Å². The molecule has 6 nitrogen and oxygen atoms in total. The van der Waals surface area contributed by atoms with Gasteiger partial charge in [0.15, 0.2) is 30.2 Å². The predicted molar refractivity (Wildman–Crippen MR) is 378 cm³/mol. The number of fused-ring (bicyclic) bond motifs is 19. The fourth-order valence-corrected chi connectivity index (χ4v) is 13.9. The minimum absolute atomic E-state index is 0.654. The van der Waals surface area contributed by atoms with Gasteiger partial charge < -0.3 is 9.13 Å². The van der Waals surface area contributed by atoms with Gasteiger partial charge in [-0.25, -0.2) is 15.0 Å². The highest BCUT2D eigenvalue weighted by atomic mass is 15.1. The van der Waals surface area contributed by atoms with Gasteiger partial charge in [0, 0.05) is 67.3 Å². The van der Waals surface area contributed by atoms with Crippen molar-refractivity contribution in [2.24, 2.45) is 0 Å². The summed E-state index contributed by atoms with van der Waals surface area (Å²) < 4.78 is 7.19. The van der Waals surface area contributed by atoms with Crippen molar-refractivity contribution < 1.29 is 4.57 Å². The maximum absolute atomic E-state index is 4.94. The first-order valence-corrected chi connectivity index (χ1v) is 31.0. The Morgan fingerprint density at radius 3 is 1.19 bits per heavy atom. The highest BCUT2D eigenvalue weighted by Crippen LogP contribution is 2.47. The molecule has 0 aliphatic carbocycles. The SMILES string of the molecule is c1ccc(-c2nc(-c3ccccc3)nc(-c3cccc(-c4ccc5c6ccccc6c6ccccc6c5c4)c3)n2)cc1.c1ccc(-n2c3ccccc3c3c4ccccc4c4c5ccccc5n(-c5ccccc5)c4c32)cc1.c1ccc2c(c1)C[n+]1ccccc1-2. The fourth-order valence-electron chi connectivity index (χ4n) is 13.9. The topological polar surface area (TPSA) is 52.4 Å². The van der Waals surface area contributed by atoms with Gasteiger partial charge in [-0.1, -0.05) is 255 Å². The van der Waals surface area contributed by atoms with E-state index in [9.17, 15) is 0 Å². The molecule has 4 aromatic heterocycles. The second-order valence-corrected chi connectivity index (χ2v) is 23.2. The molecule has 19 rings (SSSR count). The van der Waals surface area contributed by atoms with Crippen molar-refractivity contribution >= 4 is 86.7 Å². The average molecular weight is 1160 g/mol. The van der Waals surface area contributed by atoms with E-state index in [-0.39, 0.29) is 0 Å². The van der Waals surface area contributed by atoms with Crippen LogP contribution in [-0.4, -0.2) is 24.1 Å². The van der Waals surface area contributed by atoms with Crippen LogP contribution in [0.5, 0.6) is 0 Å². The monoisotopic (exact) mass is 1160 g/mol. The largest absolute Gasteiger partial charge is 0.307 e. The third kappa shape index (κ3) is 9.27. The van der Waals surface area contributed by atoms with E-state index < -0.39 is 0 Å². The van der Waals surface area contributed by atoms with Crippen LogP contribution in [0.1, 0.15) is 5.56 Å². The number of rotatable bonds is 6. The Balaban J connectivity index is 0.000000117. The summed E-state index contributed by atoms with van der Waals surface area (Å²) in [6.07, 6.45) is 2.13. The summed E-state index contributed by atoms with van der Waals surface area (Å²) in [5, 5.41) is 15.4. The first-order chi connectivity index (χ1) is 45.2.